The minimum absolute atomic E-state index is 0.125. The smallest absolute Gasteiger partial charge is 0.261 e. The van der Waals surface area contributed by atoms with E-state index in [1.807, 2.05) is 19.1 Å². The second-order valence-electron chi connectivity index (χ2n) is 8.40. The van der Waals surface area contributed by atoms with Crippen LogP contribution in [-0.4, -0.2) is 49.6 Å². The van der Waals surface area contributed by atoms with Gasteiger partial charge < -0.3 is 24.4 Å². The van der Waals surface area contributed by atoms with Gasteiger partial charge in [0.25, 0.3) is 5.91 Å². The van der Waals surface area contributed by atoms with E-state index >= 15 is 0 Å². The van der Waals surface area contributed by atoms with Crippen LogP contribution in [0, 0.1) is 0 Å². The molecule has 0 spiro atoms. The third-order valence-corrected chi connectivity index (χ3v) is 6.29. The fourth-order valence-electron chi connectivity index (χ4n) is 4.17. The molecule has 184 valence electrons. The van der Waals surface area contributed by atoms with Crippen LogP contribution in [0.5, 0.6) is 17.2 Å². The summed E-state index contributed by atoms with van der Waals surface area (Å²) in [6.45, 7) is 1.96. The molecule has 34 heavy (non-hydrogen) atoms. The van der Waals surface area contributed by atoms with Gasteiger partial charge in [0.05, 0.1) is 14.2 Å². The van der Waals surface area contributed by atoms with Gasteiger partial charge in [-0.25, -0.2) is 0 Å². The van der Waals surface area contributed by atoms with Gasteiger partial charge in [-0.1, -0.05) is 43.5 Å². The summed E-state index contributed by atoms with van der Waals surface area (Å²) in [6.07, 6.45) is 4.69. The molecule has 1 aliphatic rings. The third-order valence-electron chi connectivity index (χ3n) is 6.04. The number of ether oxygens (including phenoxy) is 3. The van der Waals surface area contributed by atoms with E-state index in [2.05, 4.69) is 5.32 Å². The highest BCUT2D eigenvalue weighted by molar-refractivity contribution is 6.30. The van der Waals surface area contributed by atoms with E-state index in [1.165, 1.54) is 0 Å². The van der Waals surface area contributed by atoms with Gasteiger partial charge in [0.15, 0.2) is 6.61 Å². The molecule has 0 unspecified atom stereocenters. The highest BCUT2D eigenvalue weighted by Crippen LogP contribution is 2.27. The van der Waals surface area contributed by atoms with Crippen LogP contribution in [0.3, 0.4) is 0 Å². The first-order chi connectivity index (χ1) is 16.4. The van der Waals surface area contributed by atoms with Gasteiger partial charge in [-0.2, -0.15) is 0 Å². The van der Waals surface area contributed by atoms with E-state index in [1.54, 1.807) is 49.5 Å². The van der Waals surface area contributed by atoms with Crippen LogP contribution in [0.15, 0.2) is 42.5 Å². The predicted octanol–water partition coefficient (Wildman–Crippen LogP) is 4.60. The van der Waals surface area contributed by atoms with Crippen molar-refractivity contribution in [1.82, 2.24) is 10.2 Å². The average molecular weight is 489 g/mol. The minimum Gasteiger partial charge on any atom is -0.496 e. The Hall–Kier alpha value is -2.93. The van der Waals surface area contributed by atoms with Crippen molar-refractivity contribution in [2.45, 2.75) is 57.7 Å². The Bertz CT molecular complexity index is 938. The van der Waals surface area contributed by atoms with Gasteiger partial charge in [-0.15, -0.1) is 0 Å². The molecule has 3 rings (SSSR count). The van der Waals surface area contributed by atoms with Crippen molar-refractivity contribution in [1.29, 1.82) is 0 Å². The molecular formula is C26H33ClN2O5. The summed E-state index contributed by atoms with van der Waals surface area (Å²) in [5, 5.41) is 3.75. The first kappa shape index (κ1) is 25.7. The fraction of sp³-hybridized carbons (Fsp3) is 0.462. The molecule has 0 radical (unpaired) electrons. The zero-order valence-electron chi connectivity index (χ0n) is 20.0. The number of methoxy groups -OCH3 is 2. The first-order valence-corrected chi connectivity index (χ1v) is 12.0. The number of nitrogens with one attached hydrogen (secondary N) is 1. The number of hydrogen-bond acceptors (Lipinski definition) is 5. The van der Waals surface area contributed by atoms with Crippen LogP contribution in [0.2, 0.25) is 5.02 Å². The van der Waals surface area contributed by atoms with Crippen LogP contribution >= 0.6 is 11.6 Å². The summed E-state index contributed by atoms with van der Waals surface area (Å²) < 4.78 is 16.3. The molecule has 2 amide bonds. The molecule has 1 N–H and O–H groups in total. The highest BCUT2D eigenvalue weighted by Gasteiger charge is 2.31. The van der Waals surface area contributed by atoms with Crippen molar-refractivity contribution in [3.05, 3.63) is 53.1 Å². The molecule has 0 bridgehead atoms. The van der Waals surface area contributed by atoms with E-state index in [4.69, 9.17) is 25.8 Å². The molecule has 0 aliphatic heterocycles. The first-order valence-electron chi connectivity index (χ1n) is 11.6. The average Bonchev–Trinajstić information content (AvgIpc) is 3.36. The van der Waals surface area contributed by atoms with Gasteiger partial charge in [0.2, 0.25) is 5.91 Å². The molecule has 2 aromatic carbocycles. The number of rotatable bonds is 11. The number of amides is 2. The fourth-order valence-corrected chi connectivity index (χ4v) is 4.29. The second kappa shape index (κ2) is 12.5. The minimum atomic E-state index is -0.604. The van der Waals surface area contributed by atoms with E-state index < -0.39 is 6.04 Å². The summed E-state index contributed by atoms with van der Waals surface area (Å²) in [6, 6.07) is 11.9. The van der Waals surface area contributed by atoms with Gasteiger partial charge in [0, 0.05) is 35.8 Å². The lowest BCUT2D eigenvalue weighted by atomic mass is 10.1. The van der Waals surface area contributed by atoms with Gasteiger partial charge in [0.1, 0.15) is 23.3 Å². The van der Waals surface area contributed by atoms with Crippen molar-refractivity contribution in [3.63, 3.8) is 0 Å². The molecule has 1 saturated carbocycles. The van der Waals surface area contributed by atoms with Crippen molar-refractivity contribution >= 4 is 23.4 Å². The standard InChI is InChI=1S/C26H33ClN2O5/c1-4-24(26(31)28-20-7-5-6-8-20)29(16-18-9-11-19(27)12-10-18)25(30)17-34-23-14-21(32-2)13-22(15-23)33-3/h9-15,20,24H,4-8,16-17H2,1-3H3,(H,28,31)/t24-/m1/s1. The molecule has 0 saturated heterocycles. The van der Waals surface area contributed by atoms with E-state index in [9.17, 15) is 9.59 Å². The molecule has 1 aliphatic carbocycles. The van der Waals surface area contributed by atoms with Crippen LogP contribution in [0.25, 0.3) is 0 Å². The molecule has 8 heteroatoms. The van der Waals surface area contributed by atoms with Crippen LogP contribution in [0.1, 0.15) is 44.6 Å². The van der Waals surface area contributed by atoms with Crippen molar-refractivity contribution in [2.24, 2.45) is 0 Å². The van der Waals surface area contributed by atoms with Crippen LogP contribution in [0.4, 0.5) is 0 Å². The molecule has 0 aromatic heterocycles. The number of hydrogen-bond donors (Lipinski definition) is 1. The number of benzene rings is 2. The summed E-state index contributed by atoms with van der Waals surface area (Å²) in [5.41, 5.74) is 0.882. The molecule has 2 aromatic rings. The number of nitrogens with zero attached hydrogens (tertiary/aromatic N) is 1. The van der Waals surface area contributed by atoms with Gasteiger partial charge in [-0.3, -0.25) is 9.59 Å². The Balaban J connectivity index is 1.77. The number of halogens is 1. The van der Waals surface area contributed by atoms with Crippen molar-refractivity contribution < 1.29 is 23.8 Å². The lowest BCUT2D eigenvalue weighted by molar-refractivity contribution is -0.143. The Labute approximate surface area is 206 Å². The Morgan fingerprint density at radius 3 is 2.18 bits per heavy atom. The second-order valence-corrected chi connectivity index (χ2v) is 8.84. The Morgan fingerprint density at radius 1 is 1.03 bits per heavy atom. The van der Waals surface area contributed by atoms with E-state index in [-0.39, 0.29) is 31.0 Å². The summed E-state index contributed by atoms with van der Waals surface area (Å²) in [5.74, 6) is 1.15. The topological polar surface area (TPSA) is 77.1 Å². The van der Waals surface area contributed by atoms with Crippen molar-refractivity contribution in [3.8, 4) is 17.2 Å². The summed E-state index contributed by atoms with van der Waals surface area (Å²) in [4.78, 5) is 28.1. The monoisotopic (exact) mass is 488 g/mol. The number of carbonyl (C=O) groups excluding carboxylic acids is 2. The molecule has 1 atom stereocenters. The summed E-state index contributed by atoms with van der Waals surface area (Å²) >= 11 is 6.03. The van der Waals surface area contributed by atoms with E-state index in [0.29, 0.717) is 28.7 Å². The highest BCUT2D eigenvalue weighted by atomic mass is 35.5. The van der Waals surface area contributed by atoms with Crippen LogP contribution in [-0.2, 0) is 16.1 Å². The Kier molecular flexibility index (Phi) is 9.45. The van der Waals surface area contributed by atoms with E-state index in [0.717, 1.165) is 31.2 Å². The number of carbonyl (C=O) groups is 2. The lowest BCUT2D eigenvalue weighted by Crippen LogP contribution is -2.52. The quantitative estimate of drug-likeness (QED) is 0.500. The summed E-state index contributed by atoms with van der Waals surface area (Å²) in [7, 11) is 3.10. The maximum atomic E-state index is 13.4. The SMILES string of the molecule is CC[C@H](C(=O)NC1CCCC1)N(Cc1ccc(Cl)cc1)C(=O)COc1cc(OC)cc(OC)c1. The van der Waals surface area contributed by atoms with Crippen LogP contribution < -0.4 is 19.5 Å². The van der Waals surface area contributed by atoms with Gasteiger partial charge in [-0.05, 0) is 37.0 Å². The molecule has 1 fully saturated rings. The largest absolute Gasteiger partial charge is 0.496 e. The molecular weight excluding hydrogens is 456 g/mol. The maximum Gasteiger partial charge on any atom is 0.261 e. The lowest BCUT2D eigenvalue weighted by Gasteiger charge is -2.31. The zero-order valence-corrected chi connectivity index (χ0v) is 20.8. The molecule has 0 heterocycles. The maximum absolute atomic E-state index is 13.4. The zero-order chi connectivity index (χ0) is 24.5. The third kappa shape index (κ3) is 7.03. The van der Waals surface area contributed by atoms with Gasteiger partial charge >= 0.3 is 0 Å². The predicted molar refractivity (Wildman–Crippen MR) is 132 cm³/mol. The van der Waals surface area contributed by atoms with Crippen molar-refractivity contribution in [2.75, 3.05) is 20.8 Å². The normalized spacial score (nSPS) is 14.4. The molecule has 7 nitrogen and oxygen atoms in total. The Morgan fingerprint density at radius 2 is 1.62 bits per heavy atom.